The number of nitrogens with one attached hydrogen (secondary N) is 4. The molecule has 0 radical (unpaired) electrons. The normalized spacial score (nSPS) is 8.33. The smallest absolute Gasteiger partial charge is 0.261 e. The van der Waals surface area contributed by atoms with Crippen molar-refractivity contribution >= 4 is 86.0 Å². The van der Waals surface area contributed by atoms with Gasteiger partial charge in [0.2, 0.25) is 17.4 Å². The number of para-hydroxylation sites is 4. The summed E-state index contributed by atoms with van der Waals surface area (Å²) in [6.07, 6.45) is 14.0. The molecule has 4 aromatic heterocycles. The molecule has 0 fully saturated rings. The van der Waals surface area contributed by atoms with Crippen LogP contribution < -0.4 is 18.9 Å². The average Bonchev–Trinajstić information content (AvgIpc) is 0.820. The number of hydrogen-bond acceptors (Lipinski definition) is 20. The van der Waals surface area contributed by atoms with Crippen molar-refractivity contribution < 1.29 is 52.8 Å². The van der Waals surface area contributed by atoms with Crippen molar-refractivity contribution in [3.63, 3.8) is 0 Å². The molecule has 0 atom stereocenters. The van der Waals surface area contributed by atoms with Crippen LogP contribution in [-0.2, 0) is 40.1 Å². The highest BCUT2D eigenvalue weighted by atomic mass is 32.2. The third kappa shape index (κ3) is 72.9. The second-order valence-corrected chi connectivity index (χ2v) is 26.3. The molecule has 28 heteroatoms. The van der Waals surface area contributed by atoms with Crippen molar-refractivity contribution in [2.24, 2.45) is 0 Å². The second-order valence-electron chi connectivity index (χ2n) is 19.6. The number of anilines is 4. The fraction of sp³-hybridized carbons (Fsp3) is 0.414. The van der Waals surface area contributed by atoms with Gasteiger partial charge in [-0.1, -0.05) is 454 Å². The summed E-state index contributed by atoms with van der Waals surface area (Å²) in [5.41, 5.74) is 2.40. The molecule has 816 valence electrons. The van der Waals surface area contributed by atoms with Gasteiger partial charge in [-0.2, -0.15) is 10.2 Å². The second kappa shape index (κ2) is 127. The minimum atomic E-state index is -3.79. The van der Waals surface area contributed by atoms with Crippen LogP contribution in [0.25, 0.3) is 0 Å². The minimum Gasteiger partial charge on any atom is -0.288 e. The molecule has 0 aliphatic rings. The highest BCUT2D eigenvalue weighted by molar-refractivity contribution is 7.93. The topological polar surface area (TPSA) is 356 Å². The predicted octanol–water partition coefficient (Wildman–Crippen LogP) is 34.7. The standard InChI is InChI=1S/4C17H13N3O3S.24C2H6/c21-16(17-18-11-6-12-19-17)14-9-4-5-10-15(14)20-24(22,23)13-7-2-1-3-8-13;21-17(13-10-18-12-19-11-13)15-8-4-5-9-16(15)20-24(22,23)14-6-2-1-3-7-14;21-17(13-10-11-18-19-12-13)15-8-4-5-9-16(15)20-24(22,23)14-6-2-1-3-7-14;21-17(16-12-18-10-11-19-16)14-8-4-5-9-15(14)20-24(22,23)13-6-2-1-3-7-13;24*1-2/h4*1-12,20H;24*1-2H3. The maximum Gasteiger partial charge on any atom is 0.261 e. The Bertz CT molecular complexity index is 4500. The first-order chi connectivity index (χ1) is 70.3. The molecule has 0 unspecified atom stereocenters. The summed E-state index contributed by atoms with van der Waals surface area (Å²) in [5.74, 6) is -1.56. The summed E-state index contributed by atoms with van der Waals surface area (Å²) in [7, 11) is -15.2. The lowest BCUT2D eigenvalue weighted by Crippen LogP contribution is -2.16. The lowest BCUT2D eigenvalue weighted by molar-refractivity contribution is 0.102. The predicted molar refractivity (Wildman–Crippen MR) is 629 cm³/mol. The van der Waals surface area contributed by atoms with Crippen LogP contribution in [0.4, 0.5) is 22.7 Å². The summed E-state index contributed by atoms with van der Waals surface area (Å²) < 4.78 is 110. The summed E-state index contributed by atoms with van der Waals surface area (Å²) in [4.78, 5) is 74.0. The molecule has 4 heterocycles. The first-order valence-electron chi connectivity index (χ1n) is 52.2. The van der Waals surface area contributed by atoms with E-state index in [0.717, 1.165) is 0 Å². The van der Waals surface area contributed by atoms with Crippen molar-refractivity contribution in [1.82, 2.24) is 40.1 Å². The summed E-state index contributed by atoms with van der Waals surface area (Å²) in [5, 5.41) is 7.30. The van der Waals surface area contributed by atoms with E-state index in [2.05, 4.69) is 59.0 Å². The first kappa shape index (κ1) is 168. The third-order valence-corrected chi connectivity index (χ3v) is 18.6. The van der Waals surface area contributed by atoms with Gasteiger partial charge in [-0.3, -0.25) is 43.1 Å². The first-order valence-corrected chi connectivity index (χ1v) is 58.2. The third-order valence-electron chi connectivity index (χ3n) is 13.1. The Labute approximate surface area is 881 Å². The molecule has 24 nitrogen and oxygen atoms in total. The van der Waals surface area contributed by atoms with Crippen LogP contribution in [0.2, 0.25) is 0 Å². The van der Waals surface area contributed by atoms with Gasteiger partial charge in [0, 0.05) is 59.4 Å². The molecule has 12 rings (SSSR count). The molecule has 0 saturated carbocycles. The van der Waals surface area contributed by atoms with E-state index < -0.39 is 51.7 Å². The molecule has 0 aliphatic heterocycles. The minimum absolute atomic E-state index is 0.00357. The van der Waals surface area contributed by atoms with E-state index in [1.165, 1.54) is 141 Å². The zero-order valence-corrected chi connectivity index (χ0v) is 101. The van der Waals surface area contributed by atoms with Crippen molar-refractivity contribution in [3.05, 3.63) is 338 Å². The van der Waals surface area contributed by atoms with Gasteiger partial charge >= 0.3 is 0 Å². The van der Waals surface area contributed by atoms with Crippen molar-refractivity contribution in [1.29, 1.82) is 0 Å². The lowest BCUT2D eigenvalue weighted by atomic mass is 10.0. The quantitative estimate of drug-likeness (QED) is 0.0515. The van der Waals surface area contributed by atoms with Gasteiger partial charge in [0.15, 0.2) is 11.6 Å². The van der Waals surface area contributed by atoms with E-state index in [-0.39, 0.29) is 93.2 Å². The Hall–Kier alpha value is -12.2. The van der Waals surface area contributed by atoms with Gasteiger partial charge in [-0.05, 0) is 109 Å². The molecule has 12 aromatic rings. The Morgan fingerprint density at radius 1 is 0.194 bits per heavy atom. The van der Waals surface area contributed by atoms with E-state index >= 15 is 0 Å². The molecule has 0 saturated heterocycles. The van der Waals surface area contributed by atoms with E-state index in [1.54, 1.807) is 152 Å². The maximum absolute atomic E-state index is 12.6. The van der Waals surface area contributed by atoms with Gasteiger partial charge in [0.1, 0.15) is 12.0 Å². The van der Waals surface area contributed by atoms with Crippen molar-refractivity contribution in [3.8, 4) is 0 Å². The number of hydrogen-bond donors (Lipinski definition) is 4. The Morgan fingerprint density at radius 2 is 0.424 bits per heavy atom. The fourth-order valence-corrected chi connectivity index (χ4v) is 12.9. The monoisotopic (exact) mass is 2080 g/mol. The molecule has 0 aliphatic carbocycles. The molecule has 144 heavy (non-hydrogen) atoms. The van der Waals surface area contributed by atoms with Crippen LogP contribution in [0.15, 0.2) is 312 Å². The number of nitrogens with zero attached hydrogens (tertiary/aromatic N) is 8. The molecule has 4 N–H and O–H groups in total. The number of sulfonamides is 4. The Balaban J connectivity index is -0.0000000947. The molecule has 0 amide bonds. The van der Waals surface area contributed by atoms with Crippen molar-refractivity contribution in [2.45, 2.75) is 352 Å². The fourth-order valence-electron chi connectivity index (χ4n) is 8.54. The van der Waals surface area contributed by atoms with Gasteiger partial charge in [0.05, 0.1) is 72.0 Å². The molecular formula is C116H196N12O12S4. The number of benzene rings is 8. The van der Waals surface area contributed by atoms with E-state index in [1.807, 2.05) is 332 Å². The maximum atomic E-state index is 12.6. The summed E-state index contributed by atoms with van der Waals surface area (Å²) >= 11 is 0. The summed E-state index contributed by atoms with van der Waals surface area (Å²) in [6, 6.07) is 60.5. The van der Waals surface area contributed by atoms with Crippen LogP contribution in [0.3, 0.4) is 0 Å². The summed E-state index contributed by atoms with van der Waals surface area (Å²) in [6.45, 7) is 96.0. The van der Waals surface area contributed by atoms with Crippen LogP contribution in [0.1, 0.15) is 396 Å². The Morgan fingerprint density at radius 3 is 0.660 bits per heavy atom. The molecular weight excluding hydrogens is 1880 g/mol. The van der Waals surface area contributed by atoms with Gasteiger partial charge in [-0.25, -0.2) is 58.6 Å². The number of ketones is 4. The molecule has 8 aromatic carbocycles. The number of rotatable bonds is 20. The zero-order valence-electron chi connectivity index (χ0n) is 97.8. The van der Waals surface area contributed by atoms with Crippen LogP contribution >= 0.6 is 0 Å². The van der Waals surface area contributed by atoms with E-state index in [9.17, 15) is 52.8 Å². The van der Waals surface area contributed by atoms with Crippen LogP contribution in [0, 0.1) is 0 Å². The molecule has 0 bridgehead atoms. The van der Waals surface area contributed by atoms with Gasteiger partial charge in [0.25, 0.3) is 40.1 Å². The largest absolute Gasteiger partial charge is 0.288 e. The van der Waals surface area contributed by atoms with E-state index in [0.29, 0.717) is 5.56 Å². The highest BCUT2D eigenvalue weighted by Crippen LogP contribution is 2.27. The average molecular weight is 2080 g/mol. The van der Waals surface area contributed by atoms with Gasteiger partial charge in [-0.15, -0.1) is 0 Å². The van der Waals surface area contributed by atoms with Gasteiger partial charge < -0.3 is 0 Å². The number of carbonyl (C=O) groups excluding carboxylic acids is 4. The lowest BCUT2D eigenvalue weighted by Gasteiger charge is -2.12. The van der Waals surface area contributed by atoms with Crippen LogP contribution in [-0.4, -0.2) is 96.9 Å². The van der Waals surface area contributed by atoms with Crippen LogP contribution in [0.5, 0.6) is 0 Å². The number of aromatic nitrogens is 8. The number of carbonyl (C=O) groups is 4. The van der Waals surface area contributed by atoms with Crippen molar-refractivity contribution in [2.75, 3.05) is 18.9 Å². The Kier molecular flexibility index (Phi) is 148. The molecule has 0 spiro atoms. The van der Waals surface area contributed by atoms with E-state index in [4.69, 9.17) is 0 Å². The highest BCUT2D eigenvalue weighted by Gasteiger charge is 2.25. The zero-order chi connectivity index (χ0) is 116. The SMILES string of the molecule is CC.CC.CC.CC.CC.CC.CC.CC.CC.CC.CC.CC.CC.CC.CC.CC.CC.CC.CC.CC.CC.CC.CC.CC.O=C(c1ccnnc1)c1ccccc1NS(=O)(=O)c1ccccc1.O=C(c1cnccn1)c1ccccc1NS(=O)(=O)c1ccccc1.O=C(c1cncnc1)c1ccccc1NS(=O)(=O)c1ccccc1.O=C(c1ncccn1)c1ccccc1NS(=O)(=O)c1ccccc1.